The molecule has 0 aromatic carbocycles. The average Bonchev–Trinajstić information content (AvgIpc) is 2.51. The van der Waals surface area contributed by atoms with Crippen molar-refractivity contribution in [2.75, 3.05) is 6.54 Å². The minimum absolute atomic E-state index is 0.149. The number of fused-ring (bicyclic) bond motifs is 2. The van der Waals surface area contributed by atoms with Gasteiger partial charge in [-0.2, -0.15) is 0 Å². The van der Waals surface area contributed by atoms with Crippen LogP contribution >= 0.6 is 0 Å². The van der Waals surface area contributed by atoms with Crippen molar-refractivity contribution in [1.82, 2.24) is 4.90 Å². The van der Waals surface area contributed by atoms with Gasteiger partial charge >= 0.3 is 0 Å². The lowest BCUT2D eigenvalue weighted by Crippen LogP contribution is -2.42. The van der Waals surface area contributed by atoms with E-state index in [0.717, 1.165) is 19.4 Å². The van der Waals surface area contributed by atoms with Crippen LogP contribution in [0.3, 0.4) is 0 Å². The maximum atomic E-state index is 12.3. The van der Waals surface area contributed by atoms with Gasteiger partial charge in [0.15, 0.2) is 0 Å². The molecule has 16 heavy (non-hydrogen) atoms. The van der Waals surface area contributed by atoms with Crippen LogP contribution in [0, 0.1) is 17.8 Å². The summed E-state index contributed by atoms with van der Waals surface area (Å²) < 4.78 is 0. The first kappa shape index (κ1) is 11.9. The molecular weight excluding hydrogens is 200 g/mol. The summed E-state index contributed by atoms with van der Waals surface area (Å²) in [5, 5.41) is 0. The number of nitrogens with two attached hydrogens (primary N) is 1. The number of rotatable bonds is 2. The highest BCUT2D eigenvalue weighted by atomic mass is 16.2. The monoisotopic (exact) mass is 224 g/mol. The Labute approximate surface area is 98.4 Å². The highest BCUT2D eigenvalue weighted by Crippen LogP contribution is 2.36. The molecule has 3 heteroatoms. The van der Waals surface area contributed by atoms with Crippen molar-refractivity contribution in [2.45, 2.75) is 52.1 Å². The molecule has 1 amide bonds. The Balaban J connectivity index is 2.03. The number of likely N-dealkylation sites (tertiary alicyclic amines) is 1. The predicted molar refractivity (Wildman–Crippen MR) is 64.8 cm³/mol. The molecule has 1 saturated carbocycles. The lowest BCUT2D eigenvalue weighted by Gasteiger charge is -2.30. The van der Waals surface area contributed by atoms with E-state index in [4.69, 9.17) is 5.73 Å². The summed E-state index contributed by atoms with van der Waals surface area (Å²) in [4.78, 5) is 14.4. The van der Waals surface area contributed by atoms with Gasteiger partial charge in [-0.05, 0) is 31.1 Å². The molecule has 0 radical (unpaired) electrons. The van der Waals surface area contributed by atoms with Crippen LogP contribution in [0.5, 0.6) is 0 Å². The zero-order valence-corrected chi connectivity index (χ0v) is 10.6. The third-order valence-corrected chi connectivity index (χ3v) is 4.38. The van der Waals surface area contributed by atoms with Gasteiger partial charge in [0, 0.05) is 24.5 Å². The summed E-state index contributed by atoms with van der Waals surface area (Å²) in [6.45, 7) is 7.25. The smallest absolute Gasteiger partial charge is 0.225 e. The largest absolute Gasteiger partial charge is 0.339 e. The molecule has 0 aromatic heterocycles. The van der Waals surface area contributed by atoms with E-state index < -0.39 is 0 Å². The predicted octanol–water partition coefficient (Wildman–Crippen LogP) is 1.62. The second-order valence-electron chi connectivity index (χ2n) is 6.01. The topological polar surface area (TPSA) is 46.3 Å². The maximum Gasteiger partial charge on any atom is 0.225 e. The summed E-state index contributed by atoms with van der Waals surface area (Å²) in [6.07, 6.45) is 3.30. The fraction of sp³-hybridized carbons (Fsp3) is 0.923. The second-order valence-corrected chi connectivity index (χ2v) is 6.01. The highest BCUT2D eigenvalue weighted by Gasteiger charge is 2.41. The Hall–Kier alpha value is -0.570. The number of nitrogens with zero attached hydrogens (tertiary/aromatic N) is 1. The SMILES string of the molecule is CC(C)C(C)C(=O)N1CC2CC(N)CC1C2. The van der Waals surface area contributed by atoms with Gasteiger partial charge < -0.3 is 10.6 Å². The molecule has 4 unspecified atom stereocenters. The summed E-state index contributed by atoms with van der Waals surface area (Å²) in [6, 6.07) is 0.748. The molecule has 92 valence electrons. The zero-order chi connectivity index (χ0) is 11.9. The molecule has 0 aromatic rings. The molecule has 2 N–H and O–H groups in total. The summed E-state index contributed by atoms with van der Waals surface area (Å²) in [7, 11) is 0. The van der Waals surface area contributed by atoms with Crippen molar-refractivity contribution in [3.8, 4) is 0 Å². The van der Waals surface area contributed by atoms with Gasteiger partial charge in [-0.15, -0.1) is 0 Å². The minimum Gasteiger partial charge on any atom is -0.339 e. The quantitative estimate of drug-likeness (QED) is 0.774. The van der Waals surface area contributed by atoms with Gasteiger partial charge in [0.25, 0.3) is 0 Å². The van der Waals surface area contributed by atoms with Crippen molar-refractivity contribution in [3.63, 3.8) is 0 Å². The van der Waals surface area contributed by atoms with Crippen LogP contribution in [-0.2, 0) is 4.79 Å². The Morgan fingerprint density at radius 3 is 2.56 bits per heavy atom. The summed E-state index contributed by atoms with van der Waals surface area (Å²) >= 11 is 0. The van der Waals surface area contributed by atoms with Crippen LogP contribution in [-0.4, -0.2) is 29.4 Å². The van der Waals surface area contributed by atoms with E-state index in [1.165, 1.54) is 6.42 Å². The van der Waals surface area contributed by atoms with Crippen LogP contribution in [0.25, 0.3) is 0 Å². The molecule has 1 heterocycles. The molecule has 1 aliphatic heterocycles. The van der Waals surface area contributed by atoms with E-state index >= 15 is 0 Å². The lowest BCUT2D eigenvalue weighted by molar-refractivity contribution is -0.137. The molecule has 2 aliphatic rings. The molecule has 0 spiro atoms. The fourth-order valence-corrected chi connectivity index (χ4v) is 3.10. The molecule has 4 atom stereocenters. The Morgan fingerprint density at radius 2 is 1.94 bits per heavy atom. The highest BCUT2D eigenvalue weighted by molar-refractivity contribution is 5.79. The van der Waals surface area contributed by atoms with E-state index in [2.05, 4.69) is 25.7 Å². The number of carbonyl (C=O) groups excluding carboxylic acids is 1. The third kappa shape index (κ3) is 2.10. The van der Waals surface area contributed by atoms with Gasteiger partial charge in [0.2, 0.25) is 5.91 Å². The van der Waals surface area contributed by atoms with Gasteiger partial charge in [0.1, 0.15) is 0 Å². The number of carbonyl (C=O) groups is 1. The van der Waals surface area contributed by atoms with E-state index in [1.54, 1.807) is 0 Å². The van der Waals surface area contributed by atoms with Gasteiger partial charge in [-0.1, -0.05) is 20.8 Å². The lowest BCUT2D eigenvalue weighted by atomic mass is 9.87. The van der Waals surface area contributed by atoms with E-state index in [9.17, 15) is 4.79 Å². The van der Waals surface area contributed by atoms with E-state index in [0.29, 0.717) is 29.8 Å². The first-order valence-corrected chi connectivity index (χ1v) is 6.55. The maximum absolute atomic E-state index is 12.3. The van der Waals surface area contributed by atoms with Crippen molar-refractivity contribution in [2.24, 2.45) is 23.5 Å². The van der Waals surface area contributed by atoms with Crippen molar-refractivity contribution in [1.29, 1.82) is 0 Å². The summed E-state index contributed by atoms with van der Waals surface area (Å²) in [5.74, 6) is 1.59. The Kier molecular flexibility index (Phi) is 3.24. The normalized spacial score (nSPS) is 35.6. The molecule has 3 nitrogen and oxygen atoms in total. The first-order chi connectivity index (χ1) is 7.49. The van der Waals surface area contributed by atoms with Crippen LogP contribution < -0.4 is 5.73 Å². The molecule has 2 fully saturated rings. The average molecular weight is 224 g/mol. The first-order valence-electron chi connectivity index (χ1n) is 6.55. The van der Waals surface area contributed by atoms with Crippen molar-refractivity contribution >= 4 is 5.91 Å². The minimum atomic E-state index is 0.149. The second kappa shape index (κ2) is 4.36. The van der Waals surface area contributed by atoms with E-state index in [-0.39, 0.29) is 5.92 Å². The fourth-order valence-electron chi connectivity index (χ4n) is 3.10. The summed E-state index contributed by atoms with van der Waals surface area (Å²) in [5.41, 5.74) is 6.02. The van der Waals surface area contributed by atoms with Crippen molar-refractivity contribution in [3.05, 3.63) is 0 Å². The zero-order valence-electron chi connectivity index (χ0n) is 10.6. The number of hydrogen-bond donors (Lipinski definition) is 1. The molecule has 2 rings (SSSR count). The standard InChI is InChI=1S/C13H24N2O/c1-8(2)9(3)13(16)15-7-10-4-11(14)6-12(15)5-10/h8-12H,4-7,14H2,1-3H3. The van der Waals surface area contributed by atoms with Crippen LogP contribution in [0.2, 0.25) is 0 Å². The molecule has 1 aliphatic carbocycles. The van der Waals surface area contributed by atoms with Crippen LogP contribution in [0.1, 0.15) is 40.0 Å². The van der Waals surface area contributed by atoms with Crippen LogP contribution in [0.15, 0.2) is 0 Å². The number of hydrogen-bond acceptors (Lipinski definition) is 2. The third-order valence-electron chi connectivity index (χ3n) is 4.38. The van der Waals surface area contributed by atoms with Gasteiger partial charge in [-0.3, -0.25) is 4.79 Å². The van der Waals surface area contributed by atoms with Crippen LogP contribution in [0.4, 0.5) is 0 Å². The van der Waals surface area contributed by atoms with Gasteiger partial charge in [0.05, 0.1) is 0 Å². The van der Waals surface area contributed by atoms with E-state index in [1.807, 2.05) is 0 Å². The molecule has 1 saturated heterocycles. The molecule has 2 bridgehead atoms. The Bertz CT molecular complexity index is 277. The van der Waals surface area contributed by atoms with Crippen molar-refractivity contribution < 1.29 is 4.79 Å². The molecular formula is C13H24N2O. The Morgan fingerprint density at radius 1 is 1.25 bits per heavy atom. The number of amides is 1. The van der Waals surface area contributed by atoms with Gasteiger partial charge in [-0.25, -0.2) is 0 Å².